The standard InChI is InChI=1S/C51H35N5/c1-4-17-34(18-5-1)37-23-16-24-38(33-37)55-45-29-14-12-26-40(45)42-31-32-43-41-27-13-15-30-46(41)56(48(43)47(42)55)51-53-49(36-21-8-3-9-22-36)52-50(54-51)44-28-11-10-25-39(44)35-19-6-2-7-20-35/h1-33,41,46H. The van der Waals surface area contributed by atoms with Gasteiger partial charge in [-0.15, -0.1) is 0 Å². The molecule has 0 spiro atoms. The van der Waals surface area contributed by atoms with Gasteiger partial charge in [0.2, 0.25) is 5.95 Å². The highest BCUT2D eigenvalue weighted by atomic mass is 15.3. The van der Waals surface area contributed by atoms with Gasteiger partial charge in [-0.1, -0.05) is 182 Å². The molecule has 56 heavy (non-hydrogen) atoms. The number of rotatable bonds is 6. The highest BCUT2D eigenvalue weighted by Gasteiger charge is 2.41. The van der Waals surface area contributed by atoms with Crippen molar-refractivity contribution in [3.05, 3.63) is 206 Å². The molecule has 0 saturated carbocycles. The van der Waals surface area contributed by atoms with Gasteiger partial charge in [0.25, 0.3) is 0 Å². The fourth-order valence-corrected chi connectivity index (χ4v) is 8.67. The van der Waals surface area contributed by atoms with Gasteiger partial charge in [-0.2, -0.15) is 9.97 Å². The Hall–Kier alpha value is -7.37. The summed E-state index contributed by atoms with van der Waals surface area (Å²) in [4.78, 5) is 18.4. The second-order valence-electron chi connectivity index (χ2n) is 14.4. The van der Waals surface area contributed by atoms with E-state index in [2.05, 4.69) is 185 Å². The van der Waals surface area contributed by atoms with Gasteiger partial charge in [-0.3, -0.25) is 0 Å². The predicted octanol–water partition coefficient (Wildman–Crippen LogP) is 12.4. The molecule has 1 aliphatic heterocycles. The smallest absolute Gasteiger partial charge is 0.234 e. The van der Waals surface area contributed by atoms with Crippen molar-refractivity contribution in [2.75, 3.05) is 4.90 Å². The van der Waals surface area contributed by atoms with Crippen molar-refractivity contribution in [3.8, 4) is 50.7 Å². The normalized spacial score (nSPS) is 15.7. The molecule has 0 saturated heterocycles. The molecule has 0 bridgehead atoms. The van der Waals surface area contributed by atoms with E-state index in [1.807, 2.05) is 24.3 Å². The van der Waals surface area contributed by atoms with Gasteiger partial charge >= 0.3 is 0 Å². The van der Waals surface area contributed by atoms with Gasteiger partial charge in [0.1, 0.15) is 0 Å². The van der Waals surface area contributed by atoms with E-state index < -0.39 is 0 Å². The first-order valence-corrected chi connectivity index (χ1v) is 19.1. The Labute approximate surface area is 325 Å². The number of aromatic nitrogens is 4. The van der Waals surface area contributed by atoms with E-state index in [4.69, 9.17) is 15.0 Å². The van der Waals surface area contributed by atoms with E-state index in [0.717, 1.165) is 44.7 Å². The maximum atomic E-state index is 5.44. The Balaban J connectivity index is 1.20. The van der Waals surface area contributed by atoms with Crippen LogP contribution in [0, 0.1) is 0 Å². The number of allylic oxidation sites excluding steroid dienone is 2. The summed E-state index contributed by atoms with van der Waals surface area (Å²) < 4.78 is 2.44. The number of benzene rings is 7. The van der Waals surface area contributed by atoms with Crippen molar-refractivity contribution >= 4 is 33.4 Å². The summed E-state index contributed by atoms with van der Waals surface area (Å²) in [6.07, 6.45) is 8.94. The second-order valence-corrected chi connectivity index (χ2v) is 14.4. The molecule has 2 atom stereocenters. The molecule has 1 aliphatic carbocycles. The predicted molar refractivity (Wildman–Crippen MR) is 229 cm³/mol. The maximum Gasteiger partial charge on any atom is 0.234 e. The van der Waals surface area contributed by atoms with Gasteiger partial charge in [0.15, 0.2) is 11.6 Å². The van der Waals surface area contributed by atoms with E-state index in [1.165, 1.54) is 27.5 Å². The third-order valence-electron chi connectivity index (χ3n) is 11.2. The van der Waals surface area contributed by atoms with Gasteiger partial charge in [0, 0.05) is 33.5 Å². The molecule has 2 unspecified atom stereocenters. The fraction of sp³-hybridized carbons (Fsp3) is 0.0392. The van der Waals surface area contributed by atoms with Crippen LogP contribution in [0.15, 0.2) is 200 Å². The summed E-state index contributed by atoms with van der Waals surface area (Å²) in [5.74, 6) is 2.00. The number of fused-ring (bicyclic) bond motifs is 7. The molecule has 3 heterocycles. The summed E-state index contributed by atoms with van der Waals surface area (Å²) in [6.45, 7) is 0. The molecule has 2 aromatic heterocycles. The molecule has 0 N–H and O–H groups in total. The molecule has 0 fully saturated rings. The highest BCUT2D eigenvalue weighted by Crippen LogP contribution is 2.52. The average Bonchev–Trinajstić information content (AvgIpc) is 3.80. The van der Waals surface area contributed by atoms with E-state index >= 15 is 0 Å². The Bertz CT molecular complexity index is 2980. The van der Waals surface area contributed by atoms with Crippen molar-refractivity contribution in [3.63, 3.8) is 0 Å². The van der Waals surface area contributed by atoms with Crippen LogP contribution in [0.5, 0.6) is 0 Å². The average molecular weight is 718 g/mol. The summed E-state index contributed by atoms with van der Waals surface area (Å²) in [5, 5.41) is 2.39. The minimum Gasteiger partial charge on any atom is -0.307 e. The molecule has 5 heteroatoms. The van der Waals surface area contributed by atoms with Gasteiger partial charge in [-0.05, 0) is 46.0 Å². The third kappa shape index (κ3) is 5.20. The molecule has 9 aromatic rings. The van der Waals surface area contributed by atoms with Crippen molar-refractivity contribution < 1.29 is 0 Å². The molecular weight excluding hydrogens is 683 g/mol. The van der Waals surface area contributed by atoms with Crippen LogP contribution in [-0.4, -0.2) is 25.6 Å². The second kappa shape index (κ2) is 13.2. The Morgan fingerprint density at radius 1 is 0.446 bits per heavy atom. The number of para-hydroxylation sites is 1. The van der Waals surface area contributed by atoms with Crippen LogP contribution in [0.3, 0.4) is 0 Å². The summed E-state index contributed by atoms with van der Waals surface area (Å²) >= 11 is 0. The lowest BCUT2D eigenvalue weighted by atomic mass is 9.91. The van der Waals surface area contributed by atoms with Crippen LogP contribution in [-0.2, 0) is 0 Å². The van der Waals surface area contributed by atoms with E-state index in [1.54, 1.807) is 0 Å². The molecule has 7 aromatic carbocycles. The number of hydrogen-bond donors (Lipinski definition) is 0. The van der Waals surface area contributed by atoms with Gasteiger partial charge in [-0.25, -0.2) is 4.98 Å². The van der Waals surface area contributed by atoms with E-state index in [0.29, 0.717) is 17.6 Å². The summed E-state index contributed by atoms with van der Waals surface area (Å²) in [5.41, 5.74) is 12.2. The van der Waals surface area contributed by atoms with Gasteiger partial charge < -0.3 is 9.47 Å². The molecule has 5 nitrogen and oxygen atoms in total. The Kier molecular flexibility index (Phi) is 7.56. The zero-order valence-electron chi connectivity index (χ0n) is 30.4. The number of anilines is 2. The molecule has 11 rings (SSSR count). The fourth-order valence-electron chi connectivity index (χ4n) is 8.67. The minimum atomic E-state index is -0.0362. The van der Waals surface area contributed by atoms with Crippen molar-refractivity contribution in [1.82, 2.24) is 19.5 Å². The largest absolute Gasteiger partial charge is 0.307 e. The molecule has 2 aliphatic rings. The number of nitrogens with zero attached hydrogens (tertiary/aromatic N) is 5. The third-order valence-corrected chi connectivity index (χ3v) is 11.2. The van der Waals surface area contributed by atoms with Gasteiger partial charge in [0.05, 0.1) is 22.8 Å². The van der Waals surface area contributed by atoms with Crippen LogP contribution in [0.1, 0.15) is 11.5 Å². The van der Waals surface area contributed by atoms with Crippen LogP contribution < -0.4 is 4.90 Å². The molecular formula is C51H35N5. The molecule has 0 amide bonds. The highest BCUT2D eigenvalue weighted by molar-refractivity contribution is 6.15. The van der Waals surface area contributed by atoms with Crippen molar-refractivity contribution in [2.45, 2.75) is 12.0 Å². The first kappa shape index (κ1) is 32.1. The number of hydrogen-bond acceptors (Lipinski definition) is 4. The van der Waals surface area contributed by atoms with Crippen LogP contribution in [0.4, 0.5) is 11.6 Å². The first-order valence-electron chi connectivity index (χ1n) is 19.1. The van der Waals surface area contributed by atoms with E-state index in [9.17, 15) is 0 Å². The Morgan fingerprint density at radius 2 is 1.09 bits per heavy atom. The van der Waals surface area contributed by atoms with E-state index in [-0.39, 0.29) is 12.0 Å². The maximum absolute atomic E-state index is 5.44. The van der Waals surface area contributed by atoms with Crippen molar-refractivity contribution in [2.24, 2.45) is 0 Å². The Morgan fingerprint density at radius 3 is 1.89 bits per heavy atom. The van der Waals surface area contributed by atoms with Crippen molar-refractivity contribution in [1.29, 1.82) is 0 Å². The molecule has 264 valence electrons. The lowest BCUT2D eigenvalue weighted by Crippen LogP contribution is -2.30. The lowest BCUT2D eigenvalue weighted by molar-refractivity contribution is 0.728. The zero-order chi connectivity index (χ0) is 37.0. The first-order chi connectivity index (χ1) is 27.8. The quantitative estimate of drug-likeness (QED) is 0.172. The van der Waals surface area contributed by atoms with Crippen LogP contribution in [0.2, 0.25) is 0 Å². The summed E-state index contributed by atoms with van der Waals surface area (Å²) in [7, 11) is 0. The summed E-state index contributed by atoms with van der Waals surface area (Å²) in [6, 6.07) is 62.0. The SMILES string of the molecule is C1=CC2c3ccc4c5ccccc5n(-c5cccc(-c6ccccc6)c5)c4c3N(c3nc(-c4ccccc4)nc(-c4ccccc4-c4ccccc4)n3)C2C=C1. The topological polar surface area (TPSA) is 46.8 Å². The molecule has 0 radical (unpaired) electrons. The monoisotopic (exact) mass is 717 g/mol. The lowest BCUT2D eigenvalue weighted by Gasteiger charge is -2.28. The van der Waals surface area contributed by atoms with Crippen LogP contribution in [0.25, 0.3) is 72.5 Å². The minimum absolute atomic E-state index is 0.0362. The zero-order valence-corrected chi connectivity index (χ0v) is 30.4. The van der Waals surface area contributed by atoms with Crippen LogP contribution >= 0.6 is 0 Å².